The smallest absolute Gasteiger partial charge is 0.0858 e. The van der Waals surface area contributed by atoms with Gasteiger partial charge in [-0.25, -0.2) is 0 Å². The summed E-state index contributed by atoms with van der Waals surface area (Å²) in [6.07, 6.45) is 6.54. The molecular formula is C20H34O4. The summed E-state index contributed by atoms with van der Waals surface area (Å²) in [5, 5.41) is 40.1. The van der Waals surface area contributed by atoms with E-state index < -0.39 is 6.10 Å². The van der Waals surface area contributed by atoms with Gasteiger partial charge in [0.1, 0.15) is 0 Å². The van der Waals surface area contributed by atoms with Crippen molar-refractivity contribution in [3.05, 3.63) is 11.6 Å². The van der Waals surface area contributed by atoms with Gasteiger partial charge in [-0.1, -0.05) is 32.4 Å². The van der Waals surface area contributed by atoms with E-state index in [-0.39, 0.29) is 35.6 Å². The van der Waals surface area contributed by atoms with Crippen LogP contribution < -0.4 is 0 Å². The average molecular weight is 338 g/mol. The first-order valence-corrected chi connectivity index (χ1v) is 9.48. The molecular weight excluding hydrogens is 304 g/mol. The first-order valence-electron chi connectivity index (χ1n) is 9.48. The first kappa shape index (κ1) is 18.4. The van der Waals surface area contributed by atoms with Crippen LogP contribution in [0.2, 0.25) is 0 Å². The number of fused-ring (bicyclic) bond motifs is 3. The summed E-state index contributed by atoms with van der Waals surface area (Å²) >= 11 is 0. The zero-order valence-corrected chi connectivity index (χ0v) is 15.3. The summed E-state index contributed by atoms with van der Waals surface area (Å²) in [6, 6.07) is 0. The van der Waals surface area contributed by atoms with Gasteiger partial charge in [0.25, 0.3) is 0 Å². The van der Waals surface area contributed by atoms with Gasteiger partial charge in [0.05, 0.1) is 18.8 Å². The molecule has 0 bridgehead atoms. The molecule has 0 aliphatic heterocycles. The molecule has 24 heavy (non-hydrogen) atoms. The Balaban J connectivity index is 1.95. The van der Waals surface area contributed by atoms with Gasteiger partial charge >= 0.3 is 0 Å². The molecule has 0 aromatic heterocycles. The van der Waals surface area contributed by atoms with Crippen LogP contribution in [0.25, 0.3) is 0 Å². The van der Waals surface area contributed by atoms with Gasteiger partial charge in [-0.15, -0.1) is 0 Å². The zero-order valence-electron chi connectivity index (χ0n) is 15.3. The van der Waals surface area contributed by atoms with Gasteiger partial charge in [0.2, 0.25) is 0 Å². The van der Waals surface area contributed by atoms with Crippen molar-refractivity contribution in [3.8, 4) is 0 Å². The Labute approximate surface area is 145 Å². The normalized spacial score (nSPS) is 49.8. The number of allylic oxidation sites excluding steroid dienone is 1. The molecule has 0 spiro atoms. The third-order valence-corrected chi connectivity index (χ3v) is 7.76. The van der Waals surface area contributed by atoms with Crippen molar-refractivity contribution in [2.45, 2.75) is 71.5 Å². The lowest BCUT2D eigenvalue weighted by Gasteiger charge is -2.61. The van der Waals surface area contributed by atoms with E-state index in [2.05, 4.69) is 19.9 Å². The van der Waals surface area contributed by atoms with Crippen LogP contribution in [-0.2, 0) is 0 Å². The quantitative estimate of drug-likeness (QED) is 0.595. The molecule has 3 rings (SSSR count). The SMILES string of the molecule is C[C@@]1(CO)C[C@@H](O)C[C@@]2(C)[C@@H]3CC[C@](C)([C@@H](O)CO)C=C3CC[C@H]12. The summed E-state index contributed by atoms with van der Waals surface area (Å²) in [4.78, 5) is 0. The fourth-order valence-electron chi connectivity index (χ4n) is 6.46. The Hall–Kier alpha value is -0.420. The third kappa shape index (κ3) is 2.66. The molecule has 2 saturated carbocycles. The summed E-state index contributed by atoms with van der Waals surface area (Å²) in [5.41, 5.74) is 0.843. The molecule has 2 fully saturated rings. The molecule has 3 aliphatic rings. The van der Waals surface area contributed by atoms with Crippen molar-refractivity contribution in [1.82, 2.24) is 0 Å². The van der Waals surface area contributed by atoms with Gasteiger partial charge in [0, 0.05) is 12.0 Å². The third-order valence-electron chi connectivity index (χ3n) is 7.76. The maximum atomic E-state index is 10.5. The largest absolute Gasteiger partial charge is 0.396 e. The molecule has 4 N–H and O–H groups in total. The highest BCUT2D eigenvalue weighted by atomic mass is 16.3. The van der Waals surface area contributed by atoms with Gasteiger partial charge in [-0.2, -0.15) is 0 Å². The summed E-state index contributed by atoms with van der Waals surface area (Å²) in [6.45, 7) is 6.41. The van der Waals surface area contributed by atoms with E-state index in [1.165, 1.54) is 5.57 Å². The monoisotopic (exact) mass is 338 g/mol. The van der Waals surface area contributed by atoms with Crippen LogP contribution in [0.5, 0.6) is 0 Å². The van der Waals surface area contributed by atoms with E-state index in [1.54, 1.807) is 0 Å². The van der Waals surface area contributed by atoms with Gasteiger partial charge in [0.15, 0.2) is 0 Å². The highest BCUT2D eigenvalue weighted by molar-refractivity contribution is 5.25. The van der Waals surface area contributed by atoms with Crippen molar-refractivity contribution in [1.29, 1.82) is 0 Å². The van der Waals surface area contributed by atoms with E-state index in [0.717, 1.165) is 32.1 Å². The van der Waals surface area contributed by atoms with Crippen molar-refractivity contribution in [2.75, 3.05) is 13.2 Å². The minimum Gasteiger partial charge on any atom is -0.396 e. The molecule has 0 radical (unpaired) electrons. The van der Waals surface area contributed by atoms with Crippen LogP contribution in [0.3, 0.4) is 0 Å². The van der Waals surface area contributed by atoms with Gasteiger partial charge in [-0.3, -0.25) is 0 Å². The Bertz CT molecular complexity index is 518. The minimum absolute atomic E-state index is 0.00469. The van der Waals surface area contributed by atoms with Crippen LogP contribution in [-0.4, -0.2) is 45.8 Å². The second kappa shape index (κ2) is 6.08. The van der Waals surface area contributed by atoms with Crippen LogP contribution in [0.4, 0.5) is 0 Å². The molecule has 4 nitrogen and oxygen atoms in total. The van der Waals surface area contributed by atoms with Gasteiger partial charge < -0.3 is 20.4 Å². The number of hydrogen-bond acceptors (Lipinski definition) is 4. The summed E-state index contributed by atoms with van der Waals surface area (Å²) < 4.78 is 0. The minimum atomic E-state index is -0.712. The standard InChI is InChI=1S/C20H34O4/c1-18(17(24)11-21)7-6-15-13(8-18)4-5-16-19(2,12-22)9-14(23)10-20(15,16)3/h8,14-17,21-24H,4-7,9-12H2,1-3H3/t14-,15-,16-,17+,18+,19+,20+/m1/s1. The number of hydrogen-bond donors (Lipinski definition) is 4. The molecule has 0 aromatic rings. The molecule has 3 aliphatic carbocycles. The molecule has 0 unspecified atom stereocenters. The Morgan fingerprint density at radius 2 is 1.88 bits per heavy atom. The highest BCUT2D eigenvalue weighted by Gasteiger charge is 2.57. The predicted octanol–water partition coefficient (Wildman–Crippen LogP) is 2.25. The number of aliphatic hydroxyl groups excluding tert-OH is 4. The maximum absolute atomic E-state index is 10.5. The van der Waals surface area contributed by atoms with E-state index in [1.807, 2.05) is 6.92 Å². The topological polar surface area (TPSA) is 80.9 Å². The lowest BCUT2D eigenvalue weighted by Crippen LogP contribution is -2.56. The molecule has 7 atom stereocenters. The van der Waals surface area contributed by atoms with Crippen LogP contribution in [0.1, 0.15) is 59.3 Å². The first-order chi connectivity index (χ1) is 11.2. The molecule has 0 aromatic carbocycles. The second-order valence-electron chi connectivity index (χ2n) is 9.49. The lowest BCUT2D eigenvalue weighted by atomic mass is 9.44. The van der Waals surface area contributed by atoms with Crippen molar-refractivity contribution in [2.24, 2.45) is 28.1 Å². The molecule has 4 heteroatoms. The van der Waals surface area contributed by atoms with Crippen molar-refractivity contribution < 1.29 is 20.4 Å². The van der Waals surface area contributed by atoms with Crippen LogP contribution in [0, 0.1) is 28.1 Å². The Kier molecular flexibility index (Phi) is 4.66. The second-order valence-corrected chi connectivity index (χ2v) is 9.49. The predicted molar refractivity (Wildman–Crippen MR) is 93.3 cm³/mol. The van der Waals surface area contributed by atoms with Gasteiger partial charge in [-0.05, 0) is 61.2 Å². The van der Waals surface area contributed by atoms with E-state index in [9.17, 15) is 20.4 Å². The van der Waals surface area contributed by atoms with E-state index in [0.29, 0.717) is 18.3 Å². The molecule has 0 saturated heterocycles. The average Bonchev–Trinajstić information content (AvgIpc) is 2.52. The molecule has 0 heterocycles. The van der Waals surface area contributed by atoms with Crippen molar-refractivity contribution >= 4 is 0 Å². The zero-order chi connectivity index (χ0) is 17.8. The molecule has 0 amide bonds. The lowest BCUT2D eigenvalue weighted by molar-refractivity contribution is -0.134. The Morgan fingerprint density at radius 1 is 1.17 bits per heavy atom. The maximum Gasteiger partial charge on any atom is 0.0858 e. The van der Waals surface area contributed by atoms with Crippen LogP contribution >= 0.6 is 0 Å². The highest BCUT2D eigenvalue weighted by Crippen LogP contribution is 2.63. The van der Waals surface area contributed by atoms with E-state index in [4.69, 9.17) is 0 Å². The fraction of sp³-hybridized carbons (Fsp3) is 0.900. The summed E-state index contributed by atoms with van der Waals surface area (Å²) in [7, 11) is 0. The fourth-order valence-corrected chi connectivity index (χ4v) is 6.46. The summed E-state index contributed by atoms with van der Waals surface area (Å²) in [5.74, 6) is 0.837. The van der Waals surface area contributed by atoms with Crippen LogP contribution in [0.15, 0.2) is 11.6 Å². The Morgan fingerprint density at radius 3 is 2.50 bits per heavy atom. The van der Waals surface area contributed by atoms with E-state index >= 15 is 0 Å². The molecule has 138 valence electrons. The van der Waals surface area contributed by atoms with Crippen molar-refractivity contribution in [3.63, 3.8) is 0 Å². The number of rotatable bonds is 3. The number of aliphatic hydroxyl groups is 4.